The molecule has 1 heterocycles. The second-order valence-corrected chi connectivity index (χ2v) is 7.63. The summed E-state index contributed by atoms with van der Waals surface area (Å²) in [4.78, 5) is 0. The molecule has 2 unspecified atom stereocenters. The SMILES string of the molecule is Br.COc1cccc(C23CCNC(CCc4ccccc4)(CC2)C3)c1. The molecule has 1 aliphatic carbocycles. The summed E-state index contributed by atoms with van der Waals surface area (Å²) in [6.07, 6.45) is 7.50. The number of hydrogen-bond donors (Lipinski definition) is 1. The van der Waals surface area contributed by atoms with Crippen molar-refractivity contribution in [2.24, 2.45) is 0 Å². The van der Waals surface area contributed by atoms with Gasteiger partial charge in [0.25, 0.3) is 0 Å². The van der Waals surface area contributed by atoms with Gasteiger partial charge in [-0.2, -0.15) is 0 Å². The molecule has 2 aromatic carbocycles. The van der Waals surface area contributed by atoms with Gasteiger partial charge in [-0.05, 0) is 73.7 Å². The van der Waals surface area contributed by atoms with Crippen LogP contribution in [0.2, 0.25) is 0 Å². The van der Waals surface area contributed by atoms with Gasteiger partial charge in [0.1, 0.15) is 5.75 Å². The molecule has 3 heteroatoms. The first-order chi connectivity index (χ1) is 11.7. The van der Waals surface area contributed by atoms with Crippen molar-refractivity contribution in [2.45, 2.75) is 49.5 Å². The van der Waals surface area contributed by atoms with E-state index in [2.05, 4.69) is 59.9 Å². The van der Waals surface area contributed by atoms with E-state index < -0.39 is 0 Å². The molecule has 1 N–H and O–H groups in total. The zero-order valence-corrected chi connectivity index (χ0v) is 16.7. The zero-order chi connectivity index (χ0) is 16.5. The van der Waals surface area contributed by atoms with Gasteiger partial charge in [0.15, 0.2) is 0 Å². The van der Waals surface area contributed by atoms with Crippen molar-refractivity contribution in [3.8, 4) is 5.75 Å². The van der Waals surface area contributed by atoms with Crippen molar-refractivity contribution in [2.75, 3.05) is 13.7 Å². The molecule has 2 atom stereocenters. The predicted octanol–water partition coefficient (Wildman–Crippen LogP) is 5.06. The number of piperidine rings is 1. The van der Waals surface area contributed by atoms with Gasteiger partial charge in [-0.3, -0.25) is 0 Å². The highest BCUT2D eigenvalue weighted by Crippen LogP contribution is 2.52. The second kappa shape index (κ2) is 7.51. The molecule has 0 aromatic heterocycles. The third-order valence-corrected chi connectivity index (χ3v) is 6.28. The summed E-state index contributed by atoms with van der Waals surface area (Å²) in [5, 5.41) is 3.89. The predicted molar refractivity (Wildman–Crippen MR) is 109 cm³/mol. The first kappa shape index (κ1) is 18.5. The topological polar surface area (TPSA) is 21.3 Å². The number of nitrogens with one attached hydrogen (secondary N) is 1. The van der Waals surface area contributed by atoms with E-state index in [9.17, 15) is 0 Å². The van der Waals surface area contributed by atoms with Crippen LogP contribution in [-0.4, -0.2) is 19.2 Å². The fraction of sp³-hybridized carbons (Fsp3) is 0.455. The van der Waals surface area contributed by atoms with Crippen LogP contribution in [0.3, 0.4) is 0 Å². The number of fused-ring (bicyclic) bond motifs is 2. The molecule has 2 nitrogen and oxygen atoms in total. The molecule has 2 aromatic rings. The number of ether oxygens (including phenoxy) is 1. The van der Waals surface area contributed by atoms with Crippen LogP contribution in [0.25, 0.3) is 0 Å². The molecule has 1 saturated heterocycles. The van der Waals surface area contributed by atoms with Crippen LogP contribution in [0.4, 0.5) is 0 Å². The standard InChI is InChI=1S/C22H27NO.BrH/c1-24-20-9-5-8-19(16-20)21-12-13-22(17-21,23-15-14-21)11-10-18-6-3-2-4-7-18;/h2-9,16,23H,10-15,17H2,1H3;1H. The molecule has 2 bridgehead atoms. The van der Waals surface area contributed by atoms with E-state index in [1.165, 1.54) is 49.7 Å². The molecular weight excluding hydrogens is 374 g/mol. The molecular formula is C22H28BrNO. The summed E-state index contributed by atoms with van der Waals surface area (Å²) in [6.45, 7) is 1.13. The van der Waals surface area contributed by atoms with Gasteiger partial charge in [-0.25, -0.2) is 0 Å². The molecule has 0 spiro atoms. The summed E-state index contributed by atoms with van der Waals surface area (Å²) < 4.78 is 5.46. The van der Waals surface area contributed by atoms with Crippen molar-refractivity contribution in [1.29, 1.82) is 0 Å². The number of aryl methyl sites for hydroxylation is 1. The van der Waals surface area contributed by atoms with E-state index in [0.717, 1.165) is 12.3 Å². The van der Waals surface area contributed by atoms with E-state index in [1.807, 2.05) is 0 Å². The van der Waals surface area contributed by atoms with Gasteiger partial charge in [0, 0.05) is 5.54 Å². The Morgan fingerprint density at radius 1 is 1.00 bits per heavy atom. The van der Waals surface area contributed by atoms with Crippen LogP contribution in [0.15, 0.2) is 54.6 Å². The summed E-state index contributed by atoms with van der Waals surface area (Å²) in [7, 11) is 1.76. The largest absolute Gasteiger partial charge is 0.497 e. The molecule has 25 heavy (non-hydrogen) atoms. The highest BCUT2D eigenvalue weighted by Gasteiger charge is 2.51. The number of benzene rings is 2. The van der Waals surface area contributed by atoms with Gasteiger partial charge in [-0.1, -0.05) is 42.5 Å². The maximum absolute atomic E-state index is 5.46. The Bertz CT molecular complexity index is 704. The smallest absolute Gasteiger partial charge is 0.119 e. The Morgan fingerprint density at radius 2 is 1.84 bits per heavy atom. The van der Waals surface area contributed by atoms with Gasteiger partial charge in [-0.15, -0.1) is 17.0 Å². The van der Waals surface area contributed by atoms with E-state index >= 15 is 0 Å². The maximum atomic E-state index is 5.46. The molecule has 134 valence electrons. The van der Waals surface area contributed by atoms with Crippen molar-refractivity contribution in [3.05, 3.63) is 65.7 Å². The first-order valence-electron chi connectivity index (χ1n) is 9.17. The van der Waals surface area contributed by atoms with Crippen LogP contribution in [0.1, 0.15) is 43.2 Å². The summed E-state index contributed by atoms with van der Waals surface area (Å²) >= 11 is 0. The summed E-state index contributed by atoms with van der Waals surface area (Å²) in [5.41, 5.74) is 3.59. The van der Waals surface area contributed by atoms with Gasteiger partial charge in [0.05, 0.1) is 7.11 Å². The highest BCUT2D eigenvalue weighted by molar-refractivity contribution is 8.93. The Labute approximate surface area is 161 Å². The Kier molecular flexibility index (Phi) is 5.55. The Morgan fingerprint density at radius 3 is 2.64 bits per heavy atom. The number of rotatable bonds is 5. The molecule has 2 aliphatic rings. The van der Waals surface area contributed by atoms with Gasteiger partial charge < -0.3 is 10.1 Å². The monoisotopic (exact) mass is 401 g/mol. The van der Waals surface area contributed by atoms with Gasteiger partial charge in [0.2, 0.25) is 0 Å². The van der Waals surface area contributed by atoms with Crippen molar-refractivity contribution >= 4 is 17.0 Å². The van der Waals surface area contributed by atoms with Crippen LogP contribution < -0.4 is 10.1 Å². The molecule has 1 aliphatic heterocycles. The zero-order valence-electron chi connectivity index (χ0n) is 15.0. The summed E-state index contributed by atoms with van der Waals surface area (Å²) in [6, 6.07) is 19.7. The Balaban J connectivity index is 0.00000182. The lowest BCUT2D eigenvalue weighted by molar-refractivity contribution is 0.229. The lowest BCUT2D eigenvalue weighted by atomic mass is 9.71. The maximum Gasteiger partial charge on any atom is 0.119 e. The quantitative estimate of drug-likeness (QED) is 0.755. The van der Waals surface area contributed by atoms with E-state index in [0.29, 0.717) is 11.0 Å². The lowest BCUT2D eigenvalue weighted by Crippen LogP contribution is -2.50. The summed E-state index contributed by atoms with van der Waals surface area (Å²) in [5.74, 6) is 0.988. The Hall–Kier alpha value is -1.32. The minimum absolute atomic E-state index is 0. The number of methoxy groups -OCH3 is 1. The fourth-order valence-corrected chi connectivity index (χ4v) is 4.91. The number of halogens is 1. The fourth-order valence-electron chi connectivity index (χ4n) is 4.91. The van der Waals surface area contributed by atoms with Crippen LogP contribution in [0, 0.1) is 0 Å². The van der Waals surface area contributed by atoms with E-state index in [4.69, 9.17) is 4.74 Å². The minimum atomic E-state index is 0. The molecule has 0 amide bonds. The van der Waals surface area contributed by atoms with E-state index in [-0.39, 0.29) is 17.0 Å². The number of hydrogen-bond acceptors (Lipinski definition) is 2. The highest BCUT2D eigenvalue weighted by atomic mass is 79.9. The first-order valence-corrected chi connectivity index (χ1v) is 9.17. The molecule has 0 radical (unpaired) electrons. The average Bonchev–Trinajstić information content (AvgIpc) is 2.93. The third-order valence-electron chi connectivity index (χ3n) is 6.28. The van der Waals surface area contributed by atoms with E-state index in [1.54, 1.807) is 7.11 Å². The van der Waals surface area contributed by atoms with Crippen LogP contribution >= 0.6 is 17.0 Å². The van der Waals surface area contributed by atoms with Gasteiger partial charge >= 0.3 is 0 Å². The van der Waals surface area contributed by atoms with Crippen molar-refractivity contribution in [1.82, 2.24) is 5.32 Å². The second-order valence-electron chi connectivity index (χ2n) is 7.63. The molecule has 1 saturated carbocycles. The van der Waals surface area contributed by atoms with Crippen LogP contribution in [0.5, 0.6) is 5.75 Å². The molecule has 2 fully saturated rings. The molecule has 4 rings (SSSR count). The normalized spacial score (nSPS) is 27.6. The van der Waals surface area contributed by atoms with Crippen molar-refractivity contribution < 1.29 is 4.74 Å². The van der Waals surface area contributed by atoms with Crippen LogP contribution in [-0.2, 0) is 11.8 Å². The third kappa shape index (κ3) is 3.63. The van der Waals surface area contributed by atoms with Crippen molar-refractivity contribution in [3.63, 3.8) is 0 Å². The minimum Gasteiger partial charge on any atom is -0.497 e. The lowest BCUT2D eigenvalue weighted by Gasteiger charge is -2.41. The average molecular weight is 402 g/mol.